The molecule has 0 aliphatic heterocycles. The number of amides is 3. The van der Waals surface area contributed by atoms with Crippen LogP contribution in [-0.4, -0.2) is 23.3 Å². The molecule has 0 heterocycles. The van der Waals surface area contributed by atoms with Crippen LogP contribution in [0.15, 0.2) is 0 Å². The first-order valence-electron chi connectivity index (χ1n) is 6.29. The topological polar surface area (TPSA) is 146 Å². The largest absolute Gasteiger partial charge is 0.673 e. The molecule has 0 saturated heterocycles. The van der Waals surface area contributed by atoms with Crippen molar-refractivity contribution in [2.24, 2.45) is 0 Å². The molecule has 0 fully saturated rings. The van der Waals surface area contributed by atoms with Crippen LogP contribution in [0.2, 0.25) is 0 Å². The van der Waals surface area contributed by atoms with E-state index in [0.717, 1.165) is 0 Å². The van der Waals surface area contributed by atoms with Crippen LogP contribution in [0.3, 0.4) is 0 Å². The predicted molar refractivity (Wildman–Crippen MR) is 82.9 cm³/mol. The van der Waals surface area contributed by atoms with Crippen molar-refractivity contribution in [3.05, 3.63) is 22.9 Å². The second-order valence-corrected chi connectivity index (χ2v) is 4.58. The molecule has 0 atom stereocenters. The van der Waals surface area contributed by atoms with Crippen LogP contribution in [-0.2, 0) is 36.8 Å². The van der Waals surface area contributed by atoms with Crippen LogP contribution in [0.25, 0.3) is 22.9 Å². The molecule has 127 valence electrons. The SMILES string of the molecule is CC(C)(C)[NH-].CCC([NH-])=O.CCC([NH-])=O.CCC([NH-])=O.[Nb]. The molecule has 7 nitrogen and oxygen atoms in total. The molecule has 0 rings (SSSR count). The number of hydrogen-bond donors (Lipinski definition) is 0. The molecule has 1 radical (unpaired) electrons. The summed E-state index contributed by atoms with van der Waals surface area (Å²) in [7, 11) is 0. The van der Waals surface area contributed by atoms with Crippen LogP contribution < -0.4 is 0 Å². The van der Waals surface area contributed by atoms with Crippen molar-refractivity contribution in [2.45, 2.75) is 66.3 Å². The molecule has 3 amide bonds. The number of hydrogen-bond acceptors (Lipinski definition) is 3. The molecule has 0 saturated carbocycles. The van der Waals surface area contributed by atoms with E-state index in [1.54, 1.807) is 20.8 Å². The Bertz CT molecular complexity index is 227. The third kappa shape index (κ3) is 214. The van der Waals surface area contributed by atoms with Gasteiger partial charge in [0.1, 0.15) is 0 Å². The van der Waals surface area contributed by atoms with Crippen LogP contribution in [0.1, 0.15) is 60.8 Å². The van der Waals surface area contributed by atoms with Gasteiger partial charge in [0.2, 0.25) is 0 Å². The molecule has 0 aromatic rings. The van der Waals surface area contributed by atoms with E-state index in [1.165, 1.54) is 0 Å². The molecule has 4 N–H and O–H groups in total. The summed E-state index contributed by atoms with van der Waals surface area (Å²) in [5.41, 5.74) is 25.2. The van der Waals surface area contributed by atoms with Crippen molar-refractivity contribution in [2.75, 3.05) is 0 Å². The first-order valence-corrected chi connectivity index (χ1v) is 6.29. The van der Waals surface area contributed by atoms with E-state index in [9.17, 15) is 14.4 Å². The summed E-state index contributed by atoms with van der Waals surface area (Å²) in [5, 5.41) is 0. The Balaban J connectivity index is -0.0000000533. The van der Waals surface area contributed by atoms with Crippen molar-refractivity contribution in [1.82, 2.24) is 0 Å². The Hall–Kier alpha value is -0.890. The maximum Gasteiger partial charge on any atom is 0.0484 e. The molecule has 0 aromatic heterocycles. The fourth-order valence-electron chi connectivity index (χ4n) is 0. The number of nitrogens with one attached hydrogen (secondary N) is 4. The Morgan fingerprint density at radius 3 is 0.762 bits per heavy atom. The Kier molecular flexibility index (Phi) is 32.8. The predicted octanol–water partition coefficient (Wildman–Crippen LogP) is 4.76. The molecular formula is C13H28N4NbO3-4. The van der Waals surface area contributed by atoms with Crippen LogP contribution in [0, 0.1) is 0 Å². The van der Waals surface area contributed by atoms with E-state index < -0.39 is 17.7 Å². The van der Waals surface area contributed by atoms with Gasteiger partial charge in [0, 0.05) is 40.1 Å². The van der Waals surface area contributed by atoms with Gasteiger partial charge in [0.25, 0.3) is 0 Å². The first-order chi connectivity index (χ1) is 8.81. The van der Waals surface area contributed by atoms with E-state index >= 15 is 0 Å². The maximum atomic E-state index is 9.48. The Labute approximate surface area is 144 Å². The standard InChI is InChI=1S/C4H10N.3C3H7NO.Nb/c1-4(2,3)5;3*1-2-3(4)5;/h5H,1-3H3;3*2H2,1H3,(H2,4,5);/q-1;;;;/p-3. The minimum absolute atomic E-state index is 0. The van der Waals surface area contributed by atoms with Gasteiger partial charge in [-0.25, -0.2) is 0 Å². The van der Waals surface area contributed by atoms with E-state index in [4.69, 9.17) is 22.9 Å². The summed E-state index contributed by atoms with van der Waals surface area (Å²) >= 11 is 0. The van der Waals surface area contributed by atoms with Gasteiger partial charge in [0.05, 0.1) is 0 Å². The van der Waals surface area contributed by atoms with Crippen LogP contribution in [0.5, 0.6) is 0 Å². The van der Waals surface area contributed by atoms with Gasteiger partial charge in [-0.2, -0.15) is 0 Å². The fourth-order valence-corrected chi connectivity index (χ4v) is 0. The number of carbonyl (C=O) groups is 3. The summed E-state index contributed by atoms with van der Waals surface area (Å²) in [6.07, 6.45) is 1.000. The van der Waals surface area contributed by atoms with E-state index in [2.05, 4.69) is 0 Å². The zero-order valence-electron chi connectivity index (χ0n) is 13.8. The van der Waals surface area contributed by atoms with Crippen molar-refractivity contribution < 1.29 is 36.8 Å². The van der Waals surface area contributed by atoms with Crippen molar-refractivity contribution in [1.29, 1.82) is 0 Å². The second-order valence-electron chi connectivity index (χ2n) is 4.58. The van der Waals surface area contributed by atoms with Gasteiger partial charge in [-0.3, -0.25) is 0 Å². The van der Waals surface area contributed by atoms with Gasteiger partial charge < -0.3 is 37.3 Å². The van der Waals surface area contributed by atoms with Gasteiger partial charge >= 0.3 is 0 Å². The minimum Gasteiger partial charge on any atom is -0.673 e. The van der Waals surface area contributed by atoms with Crippen molar-refractivity contribution in [3.63, 3.8) is 0 Å². The van der Waals surface area contributed by atoms with Crippen LogP contribution in [0.4, 0.5) is 0 Å². The molecule has 0 aromatic carbocycles. The van der Waals surface area contributed by atoms with Gasteiger partial charge in [-0.05, 0) is 19.3 Å². The average Bonchev–Trinajstić information content (AvgIpc) is 2.28. The molecule has 8 heteroatoms. The summed E-state index contributed by atoms with van der Waals surface area (Å²) in [5.74, 6) is -1.49. The van der Waals surface area contributed by atoms with Crippen molar-refractivity contribution >= 4 is 17.7 Å². The molecule has 0 spiro atoms. The van der Waals surface area contributed by atoms with Gasteiger partial charge in [-0.1, -0.05) is 41.5 Å². The first kappa shape index (κ1) is 32.2. The number of rotatable bonds is 3. The number of carbonyl (C=O) groups excluding carboxylic acids is 3. The zero-order chi connectivity index (χ0) is 17.4. The molecule has 0 aliphatic carbocycles. The average molecular weight is 381 g/mol. The summed E-state index contributed by atoms with van der Waals surface area (Å²) < 4.78 is 0. The smallest absolute Gasteiger partial charge is 0.0484 e. The Morgan fingerprint density at radius 2 is 0.762 bits per heavy atom. The second kappa shape index (κ2) is 21.4. The molecule has 21 heavy (non-hydrogen) atoms. The maximum absolute atomic E-state index is 9.48. The van der Waals surface area contributed by atoms with Gasteiger partial charge in [0.15, 0.2) is 0 Å². The third-order valence-electron chi connectivity index (χ3n) is 0.963. The quantitative estimate of drug-likeness (QED) is 0.649. The van der Waals surface area contributed by atoms with Crippen LogP contribution >= 0.6 is 0 Å². The molecule has 0 aliphatic rings. The van der Waals surface area contributed by atoms with E-state index in [-0.39, 0.29) is 27.9 Å². The molecular weight excluding hydrogens is 353 g/mol. The zero-order valence-corrected chi connectivity index (χ0v) is 16.0. The summed E-state index contributed by atoms with van der Waals surface area (Å²) in [6.45, 7) is 10.5. The van der Waals surface area contributed by atoms with E-state index in [0.29, 0.717) is 19.3 Å². The Morgan fingerprint density at radius 1 is 0.714 bits per heavy atom. The minimum atomic E-state index is -0.495. The summed E-state index contributed by atoms with van der Waals surface area (Å²) in [4.78, 5) is 28.4. The van der Waals surface area contributed by atoms with Crippen molar-refractivity contribution in [3.8, 4) is 0 Å². The summed E-state index contributed by atoms with van der Waals surface area (Å²) in [6, 6.07) is 0. The normalized spacial score (nSPS) is 8.14. The van der Waals surface area contributed by atoms with E-state index in [1.807, 2.05) is 20.8 Å². The molecule has 0 bridgehead atoms. The third-order valence-corrected chi connectivity index (χ3v) is 0.963. The monoisotopic (exact) mass is 381 g/mol. The molecule has 0 unspecified atom stereocenters. The fraction of sp³-hybridized carbons (Fsp3) is 0.769. The van der Waals surface area contributed by atoms with Gasteiger partial charge in [-0.15, -0.1) is 5.54 Å².